The first-order valence-corrected chi connectivity index (χ1v) is 10.5. The largest absolute Gasteiger partial charge is 0.459 e. The molecule has 31 heavy (non-hydrogen) atoms. The topological polar surface area (TPSA) is 87.1 Å². The Hall–Kier alpha value is -3.55. The van der Waals surface area contributed by atoms with Gasteiger partial charge in [0.05, 0.1) is 12.8 Å². The van der Waals surface area contributed by atoms with Crippen molar-refractivity contribution in [3.8, 4) is 11.5 Å². The first-order valence-electron chi connectivity index (χ1n) is 10.5. The van der Waals surface area contributed by atoms with Crippen LogP contribution in [0.1, 0.15) is 28.7 Å². The minimum absolute atomic E-state index is 0.0715. The molecule has 3 aromatic rings. The molecular weight excluding hydrogens is 394 g/mol. The van der Waals surface area contributed by atoms with E-state index in [1.54, 1.807) is 18.4 Å². The number of hydrogen-bond donors (Lipinski definition) is 1. The summed E-state index contributed by atoms with van der Waals surface area (Å²) in [6, 6.07) is 11.5. The molecule has 3 heterocycles. The molecule has 1 aliphatic rings. The van der Waals surface area contributed by atoms with Gasteiger partial charge in [0.15, 0.2) is 11.7 Å². The van der Waals surface area contributed by atoms with Crippen LogP contribution in [0.4, 0.5) is 0 Å². The molecule has 2 aromatic heterocycles. The molecule has 0 atom stereocenters. The van der Waals surface area contributed by atoms with Crippen LogP contribution < -0.4 is 5.32 Å². The van der Waals surface area contributed by atoms with Crippen molar-refractivity contribution >= 4 is 11.9 Å². The predicted octanol–water partition coefficient (Wildman–Crippen LogP) is 3.17. The van der Waals surface area contributed by atoms with Gasteiger partial charge in [-0.3, -0.25) is 4.79 Å². The van der Waals surface area contributed by atoms with E-state index in [4.69, 9.17) is 13.8 Å². The molecule has 0 unspecified atom stereocenters. The molecule has 1 N–H and O–H groups in total. The maximum absolute atomic E-state index is 12.5. The number of aliphatic imine (C=N–C) groups is 1. The van der Waals surface area contributed by atoms with Gasteiger partial charge >= 0.3 is 0 Å². The standard InChI is InChI=1S/C23H27N5O3/c1-3-24-23(28-12-10-27(11-13-28)22(29)20-5-4-14-30-20)25-15-19-16-31-21(26-19)18-8-6-17(2)7-9-18/h4-9,14,16H,3,10-13,15H2,1-2H3,(H,24,25). The molecule has 1 fully saturated rings. The number of hydrogen-bond acceptors (Lipinski definition) is 5. The summed E-state index contributed by atoms with van der Waals surface area (Å²) in [5.41, 5.74) is 2.92. The predicted molar refractivity (Wildman–Crippen MR) is 118 cm³/mol. The van der Waals surface area contributed by atoms with Gasteiger partial charge in [-0.05, 0) is 38.1 Å². The molecule has 4 rings (SSSR count). The lowest BCUT2D eigenvalue weighted by molar-refractivity contribution is 0.0657. The summed E-state index contributed by atoms with van der Waals surface area (Å²) in [6.07, 6.45) is 3.18. The highest BCUT2D eigenvalue weighted by Gasteiger charge is 2.25. The van der Waals surface area contributed by atoms with Crippen LogP contribution in [0.15, 0.2) is 62.8 Å². The van der Waals surface area contributed by atoms with E-state index in [0.29, 0.717) is 44.4 Å². The molecule has 0 saturated carbocycles. The normalized spacial score (nSPS) is 14.7. The highest BCUT2D eigenvalue weighted by Crippen LogP contribution is 2.19. The van der Waals surface area contributed by atoms with Crippen LogP contribution >= 0.6 is 0 Å². The van der Waals surface area contributed by atoms with Crippen LogP contribution in [0.2, 0.25) is 0 Å². The van der Waals surface area contributed by atoms with Crippen LogP contribution in [0.3, 0.4) is 0 Å². The molecule has 1 aromatic carbocycles. The number of amides is 1. The number of rotatable bonds is 5. The first-order chi connectivity index (χ1) is 15.1. The molecule has 0 spiro atoms. The van der Waals surface area contributed by atoms with E-state index in [0.717, 1.165) is 23.8 Å². The molecule has 1 amide bonds. The number of piperazine rings is 1. The molecule has 8 nitrogen and oxygen atoms in total. The Morgan fingerprint density at radius 2 is 1.84 bits per heavy atom. The van der Waals surface area contributed by atoms with Crippen LogP contribution in [0.25, 0.3) is 11.5 Å². The Balaban J connectivity index is 1.38. The SMILES string of the molecule is CCNC(=NCc1coc(-c2ccc(C)cc2)n1)N1CCN(C(=O)c2ccco2)CC1. The number of furan rings is 1. The second kappa shape index (κ2) is 9.51. The average Bonchev–Trinajstić information content (AvgIpc) is 3.49. The minimum Gasteiger partial charge on any atom is -0.459 e. The third kappa shape index (κ3) is 4.96. The van der Waals surface area contributed by atoms with E-state index in [2.05, 4.69) is 22.1 Å². The monoisotopic (exact) mass is 421 g/mol. The summed E-state index contributed by atoms with van der Waals surface area (Å²) in [7, 11) is 0. The van der Waals surface area contributed by atoms with Gasteiger partial charge in [0.2, 0.25) is 5.89 Å². The van der Waals surface area contributed by atoms with Gasteiger partial charge in [-0.25, -0.2) is 9.98 Å². The van der Waals surface area contributed by atoms with Crippen molar-refractivity contribution in [3.05, 3.63) is 65.9 Å². The van der Waals surface area contributed by atoms with Gasteiger partial charge in [-0.15, -0.1) is 0 Å². The Labute approximate surface area is 181 Å². The molecule has 0 aliphatic carbocycles. The van der Waals surface area contributed by atoms with Crippen LogP contribution in [-0.2, 0) is 6.54 Å². The summed E-state index contributed by atoms with van der Waals surface area (Å²) in [5, 5.41) is 3.33. The Morgan fingerprint density at radius 1 is 1.10 bits per heavy atom. The number of aromatic nitrogens is 1. The van der Waals surface area contributed by atoms with Gasteiger partial charge in [0.25, 0.3) is 5.91 Å². The number of nitrogens with zero attached hydrogens (tertiary/aromatic N) is 4. The first kappa shape index (κ1) is 20.7. The van der Waals surface area contributed by atoms with E-state index in [-0.39, 0.29) is 5.91 Å². The van der Waals surface area contributed by atoms with E-state index in [9.17, 15) is 4.79 Å². The Morgan fingerprint density at radius 3 is 2.52 bits per heavy atom. The van der Waals surface area contributed by atoms with E-state index in [1.165, 1.54) is 11.8 Å². The molecule has 0 radical (unpaired) electrons. The second-order valence-corrected chi connectivity index (χ2v) is 7.44. The summed E-state index contributed by atoms with van der Waals surface area (Å²) >= 11 is 0. The highest BCUT2D eigenvalue weighted by atomic mass is 16.3. The minimum atomic E-state index is -0.0715. The van der Waals surface area contributed by atoms with Gasteiger partial charge in [0, 0.05) is 38.3 Å². The van der Waals surface area contributed by atoms with Crippen LogP contribution in [-0.4, -0.2) is 59.4 Å². The third-order valence-corrected chi connectivity index (χ3v) is 5.17. The van der Waals surface area contributed by atoms with Crippen LogP contribution in [0.5, 0.6) is 0 Å². The van der Waals surface area contributed by atoms with Crippen molar-refractivity contribution in [1.29, 1.82) is 0 Å². The summed E-state index contributed by atoms with van der Waals surface area (Å²) < 4.78 is 10.9. The van der Waals surface area contributed by atoms with E-state index >= 15 is 0 Å². The van der Waals surface area contributed by atoms with Crippen molar-refractivity contribution < 1.29 is 13.6 Å². The average molecular weight is 422 g/mol. The fraction of sp³-hybridized carbons (Fsp3) is 0.348. The number of aryl methyl sites for hydroxylation is 1. The van der Waals surface area contributed by atoms with E-state index in [1.807, 2.05) is 36.1 Å². The fourth-order valence-corrected chi connectivity index (χ4v) is 3.47. The zero-order chi connectivity index (χ0) is 21.6. The quantitative estimate of drug-likeness (QED) is 0.503. The number of guanidine groups is 1. The van der Waals surface area contributed by atoms with Crippen LogP contribution in [0, 0.1) is 6.92 Å². The molecule has 8 heteroatoms. The molecule has 162 valence electrons. The molecular formula is C23H27N5O3. The van der Waals surface area contributed by atoms with Crippen molar-refractivity contribution in [2.45, 2.75) is 20.4 Å². The highest BCUT2D eigenvalue weighted by molar-refractivity contribution is 5.91. The zero-order valence-corrected chi connectivity index (χ0v) is 17.9. The molecule has 0 bridgehead atoms. The number of carbonyl (C=O) groups is 1. The Bertz CT molecular complexity index is 1020. The second-order valence-electron chi connectivity index (χ2n) is 7.44. The van der Waals surface area contributed by atoms with Crippen molar-refractivity contribution in [2.24, 2.45) is 4.99 Å². The molecule has 1 aliphatic heterocycles. The van der Waals surface area contributed by atoms with Gasteiger partial charge in [0.1, 0.15) is 12.0 Å². The summed E-state index contributed by atoms with van der Waals surface area (Å²) in [5.74, 6) is 1.72. The number of nitrogens with one attached hydrogen (secondary N) is 1. The summed E-state index contributed by atoms with van der Waals surface area (Å²) in [4.78, 5) is 25.7. The number of oxazole rings is 1. The maximum atomic E-state index is 12.5. The number of benzene rings is 1. The maximum Gasteiger partial charge on any atom is 0.289 e. The zero-order valence-electron chi connectivity index (χ0n) is 17.9. The van der Waals surface area contributed by atoms with E-state index < -0.39 is 0 Å². The lowest BCUT2D eigenvalue weighted by Crippen LogP contribution is -2.53. The fourth-order valence-electron chi connectivity index (χ4n) is 3.47. The smallest absolute Gasteiger partial charge is 0.289 e. The van der Waals surface area contributed by atoms with Crippen molar-refractivity contribution in [2.75, 3.05) is 32.7 Å². The molecule has 1 saturated heterocycles. The third-order valence-electron chi connectivity index (χ3n) is 5.17. The van der Waals surface area contributed by atoms with Crippen molar-refractivity contribution in [1.82, 2.24) is 20.1 Å². The van der Waals surface area contributed by atoms with Gasteiger partial charge in [-0.2, -0.15) is 0 Å². The Kier molecular flexibility index (Phi) is 6.35. The van der Waals surface area contributed by atoms with Crippen molar-refractivity contribution in [3.63, 3.8) is 0 Å². The lowest BCUT2D eigenvalue weighted by Gasteiger charge is -2.36. The lowest BCUT2D eigenvalue weighted by atomic mass is 10.1. The summed E-state index contributed by atoms with van der Waals surface area (Å²) in [6.45, 7) is 7.90. The van der Waals surface area contributed by atoms with Gasteiger partial charge in [-0.1, -0.05) is 17.7 Å². The number of carbonyl (C=O) groups excluding carboxylic acids is 1. The van der Waals surface area contributed by atoms with Gasteiger partial charge < -0.3 is 24.0 Å².